The quantitative estimate of drug-likeness (QED) is 0.231. The van der Waals surface area contributed by atoms with Crippen LogP contribution in [0.5, 0.6) is 11.5 Å². The Kier molecular flexibility index (Phi) is 8.52. The van der Waals surface area contributed by atoms with Gasteiger partial charge in [0, 0.05) is 38.6 Å². The predicted molar refractivity (Wildman–Crippen MR) is 156 cm³/mol. The number of amides is 3. The molecule has 0 atom stereocenters. The number of nitrogens with one attached hydrogen (secondary N) is 2. The van der Waals surface area contributed by atoms with Gasteiger partial charge in [-0.2, -0.15) is 0 Å². The van der Waals surface area contributed by atoms with E-state index in [1.807, 2.05) is 53.1 Å². The summed E-state index contributed by atoms with van der Waals surface area (Å²) in [5.41, 5.74) is 0.186. The first kappa shape index (κ1) is 27.6. The summed E-state index contributed by atoms with van der Waals surface area (Å²) in [5.74, 6) is -0.301. The number of benzene rings is 4. The maximum atomic E-state index is 13.9. The molecule has 4 aromatic rings. The molecule has 1 aliphatic rings. The summed E-state index contributed by atoms with van der Waals surface area (Å²) in [6, 6.07) is 16.3. The van der Waals surface area contributed by atoms with Crippen LogP contribution in [0.4, 0.5) is 19.3 Å². The van der Waals surface area contributed by atoms with Crippen LogP contribution in [0, 0.1) is 11.6 Å². The normalized spacial score (nSPS) is 13.4. The molecular weight excluding hydrogens is 585 g/mol. The lowest BCUT2D eigenvalue weighted by Crippen LogP contribution is -2.35. The molecule has 5 rings (SSSR count). The van der Waals surface area contributed by atoms with E-state index in [4.69, 9.17) is 27.9 Å². The van der Waals surface area contributed by atoms with Crippen molar-refractivity contribution in [1.82, 2.24) is 5.32 Å². The molecule has 200 valence electrons. The standard InChI is InChI=1S/C28H20Cl2F2N2O3S2/c29-19-8-9-23(18-5-2-1-4-17(18)19)37-26-15(13-24-38-10-11-39-24)12-16(14-20(26)30)33-28(36)34-27(35)25-21(31)6-3-7-22(25)32/h1-9,12,14,24H,10-11,13H2,(H2,33,34,35,36). The Bertz CT molecular complexity index is 1560. The van der Waals surface area contributed by atoms with Crippen molar-refractivity contribution in [3.8, 4) is 11.5 Å². The monoisotopic (exact) mass is 604 g/mol. The molecule has 1 saturated heterocycles. The van der Waals surface area contributed by atoms with E-state index in [1.54, 1.807) is 18.2 Å². The van der Waals surface area contributed by atoms with Crippen LogP contribution in [-0.2, 0) is 6.42 Å². The van der Waals surface area contributed by atoms with Crippen molar-refractivity contribution in [1.29, 1.82) is 0 Å². The van der Waals surface area contributed by atoms with Gasteiger partial charge < -0.3 is 10.1 Å². The minimum atomic E-state index is -1.21. The van der Waals surface area contributed by atoms with Gasteiger partial charge in [0.25, 0.3) is 5.91 Å². The summed E-state index contributed by atoms with van der Waals surface area (Å²) in [7, 11) is 0. The zero-order valence-electron chi connectivity index (χ0n) is 20.1. The molecule has 0 radical (unpaired) electrons. The third kappa shape index (κ3) is 6.27. The molecule has 1 heterocycles. The predicted octanol–water partition coefficient (Wildman–Crippen LogP) is 8.53. The van der Waals surface area contributed by atoms with Gasteiger partial charge in [-0.15, -0.1) is 23.5 Å². The summed E-state index contributed by atoms with van der Waals surface area (Å²) in [6.45, 7) is 0. The first-order valence-electron chi connectivity index (χ1n) is 11.8. The molecule has 0 aromatic heterocycles. The number of fused-ring (bicyclic) bond motifs is 1. The van der Waals surface area contributed by atoms with Crippen LogP contribution in [0.15, 0.2) is 66.7 Å². The number of carbonyl (C=O) groups is 2. The fourth-order valence-corrected chi connectivity index (χ4v) is 7.53. The molecule has 0 unspecified atom stereocenters. The van der Waals surface area contributed by atoms with E-state index in [0.29, 0.717) is 22.9 Å². The summed E-state index contributed by atoms with van der Waals surface area (Å²) < 4.78 is 34.5. The van der Waals surface area contributed by atoms with Crippen molar-refractivity contribution in [2.75, 3.05) is 16.8 Å². The van der Waals surface area contributed by atoms with Crippen molar-refractivity contribution in [2.24, 2.45) is 0 Å². The van der Waals surface area contributed by atoms with E-state index in [0.717, 1.165) is 46.0 Å². The zero-order chi connectivity index (χ0) is 27.5. The number of halogens is 4. The zero-order valence-corrected chi connectivity index (χ0v) is 23.2. The van der Waals surface area contributed by atoms with Crippen molar-refractivity contribution in [3.05, 3.63) is 99.5 Å². The van der Waals surface area contributed by atoms with Gasteiger partial charge in [0.15, 0.2) is 0 Å². The van der Waals surface area contributed by atoms with Gasteiger partial charge in [-0.3, -0.25) is 10.1 Å². The van der Waals surface area contributed by atoms with E-state index < -0.39 is 29.1 Å². The Morgan fingerprint density at radius 1 is 0.897 bits per heavy atom. The lowest BCUT2D eigenvalue weighted by molar-refractivity contribution is 0.0959. The molecule has 4 aromatic carbocycles. The molecule has 0 aliphatic carbocycles. The van der Waals surface area contributed by atoms with Crippen LogP contribution in [0.2, 0.25) is 10.0 Å². The number of anilines is 1. The van der Waals surface area contributed by atoms with Crippen LogP contribution in [0.1, 0.15) is 15.9 Å². The van der Waals surface area contributed by atoms with Crippen molar-refractivity contribution in [3.63, 3.8) is 0 Å². The minimum absolute atomic E-state index is 0.237. The fourth-order valence-electron chi connectivity index (χ4n) is 4.17. The number of hydrogen-bond acceptors (Lipinski definition) is 5. The Morgan fingerprint density at radius 2 is 1.59 bits per heavy atom. The van der Waals surface area contributed by atoms with Gasteiger partial charge in [0.2, 0.25) is 0 Å². The van der Waals surface area contributed by atoms with Gasteiger partial charge in [-0.1, -0.05) is 53.5 Å². The van der Waals surface area contributed by atoms with Gasteiger partial charge in [-0.25, -0.2) is 13.6 Å². The van der Waals surface area contributed by atoms with Gasteiger partial charge in [0.1, 0.15) is 28.7 Å². The Hall–Kier alpha value is -2.98. The molecule has 0 spiro atoms. The highest BCUT2D eigenvalue weighted by atomic mass is 35.5. The summed E-state index contributed by atoms with van der Waals surface area (Å²) in [5, 5.41) is 6.97. The van der Waals surface area contributed by atoms with Gasteiger partial charge >= 0.3 is 6.03 Å². The van der Waals surface area contributed by atoms with Crippen LogP contribution >= 0.6 is 46.7 Å². The number of ether oxygens (including phenoxy) is 1. The van der Waals surface area contributed by atoms with Crippen molar-refractivity contribution >= 4 is 75.1 Å². The maximum absolute atomic E-state index is 13.9. The maximum Gasteiger partial charge on any atom is 0.326 e. The van der Waals surface area contributed by atoms with Crippen LogP contribution in [0.25, 0.3) is 10.8 Å². The molecule has 5 nitrogen and oxygen atoms in total. The first-order chi connectivity index (χ1) is 18.8. The van der Waals surface area contributed by atoms with Crippen LogP contribution in [-0.4, -0.2) is 28.0 Å². The second kappa shape index (κ2) is 12.0. The molecule has 11 heteroatoms. The van der Waals surface area contributed by atoms with E-state index in [2.05, 4.69) is 5.32 Å². The molecule has 1 aliphatic heterocycles. The van der Waals surface area contributed by atoms with E-state index >= 15 is 0 Å². The minimum Gasteiger partial charge on any atom is -0.455 e. The highest BCUT2D eigenvalue weighted by Crippen LogP contribution is 2.43. The number of imide groups is 1. The lowest BCUT2D eigenvalue weighted by Gasteiger charge is -2.18. The highest BCUT2D eigenvalue weighted by Gasteiger charge is 2.23. The highest BCUT2D eigenvalue weighted by molar-refractivity contribution is 8.20. The molecule has 39 heavy (non-hydrogen) atoms. The van der Waals surface area contributed by atoms with E-state index in [1.165, 1.54) is 6.07 Å². The molecule has 3 amide bonds. The summed E-state index contributed by atoms with van der Waals surface area (Å²) >= 11 is 16.7. The molecule has 1 fully saturated rings. The first-order valence-corrected chi connectivity index (χ1v) is 14.6. The smallest absolute Gasteiger partial charge is 0.326 e. The molecule has 2 N–H and O–H groups in total. The number of hydrogen-bond donors (Lipinski definition) is 2. The van der Waals surface area contributed by atoms with Gasteiger partial charge in [-0.05, 0) is 42.8 Å². The largest absolute Gasteiger partial charge is 0.455 e. The van der Waals surface area contributed by atoms with Crippen molar-refractivity contribution < 1.29 is 23.1 Å². The third-order valence-electron chi connectivity index (χ3n) is 5.92. The van der Waals surface area contributed by atoms with E-state index in [-0.39, 0.29) is 15.3 Å². The number of rotatable bonds is 6. The number of thioether (sulfide) groups is 2. The molecule has 0 bridgehead atoms. The lowest BCUT2D eigenvalue weighted by atomic mass is 10.1. The Balaban J connectivity index is 1.43. The Morgan fingerprint density at radius 3 is 2.31 bits per heavy atom. The average molecular weight is 606 g/mol. The topological polar surface area (TPSA) is 67.4 Å². The van der Waals surface area contributed by atoms with Crippen LogP contribution < -0.4 is 15.4 Å². The molecule has 0 saturated carbocycles. The second-order valence-corrected chi connectivity index (χ2v) is 12.3. The number of carbonyl (C=O) groups excluding carboxylic acids is 2. The molecular formula is C28H20Cl2F2N2O3S2. The second-order valence-electron chi connectivity index (χ2n) is 8.52. The van der Waals surface area contributed by atoms with E-state index in [9.17, 15) is 18.4 Å². The SMILES string of the molecule is O=C(NC(=O)c1c(F)cccc1F)Nc1cc(Cl)c(Oc2ccc(Cl)c3ccccc23)c(CC2SCCS2)c1. The number of urea groups is 1. The fraction of sp³-hybridized carbons (Fsp3) is 0.143. The third-order valence-corrected chi connectivity index (χ3v) is 9.56. The Labute approximate surface area is 241 Å². The summed E-state index contributed by atoms with van der Waals surface area (Å²) in [4.78, 5) is 24.9. The average Bonchev–Trinajstić information content (AvgIpc) is 3.40. The summed E-state index contributed by atoms with van der Waals surface area (Å²) in [6.07, 6.45) is 0.604. The van der Waals surface area contributed by atoms with Crippen LogP contribution in [0.3, 0.4) is 0 Å². The van der Waals surface area contributed by atoms with Gasteiger partial charge in [0.05, 0.1) is 9.60 Å². The van der Waals surface area contributed by atoms with Crippen molar-refractivity contribution in [2.45, 2.75) is 11.0 Å².